The first-order valence-electron chi connectivity index (χ1n) is 7.16. The van der Waals surface area contributed by atoms with Crippen LogP contribution in [0.3, 0.4) is 0 Å². The Balaban J connectivity index is 1.64. The second-order valence-electron chi connectivity index (χ2n) is 5.04. The predicted octanol–water partition coefficient (Wildman–Crippen LogP) is 3.03. The molecule has 2 aromatic carbocycles. The molecule has 0 bridgehead atoms. The summed E-state index contributed by atoms with van der Waals surface area (Å²) < 4.78 is 4.90. The number of furan rings is 1. The SMILES string of the molecule is O=C(Cc1cccc2ccccc12)NN=Cc1ccc([N+](=O)[O-])o1. The van der Waals surface area contributed by atoms with Crippen LogP contribution >= 0.6 is 0 Å². The van der Waals surface area contributed by atoms with E-state index in [0.717, 1.165) is 16.3 Å². The molecular weight excluding hydrogens is 310 g/mol. The van der Waals surface area contributed by atoms with Crippen LogP contribution in [0.1, 0.15) is 11.3 Å². The van der Waals surface area contributed by atoms with Gasteiger partial charge >= 0.3 is 5.88 Å². The summed E-state index contributed by atoms with van der Waals surface area (Å²) in [5, 5.41) is 16.3. The highest BCUT2D eigenvalue weighted by Crippen LogP contribution is 2.18. The van der Waals surface area contributed by atoms with Gasteiger partial charge in [-0.15, -0.1) is 0 Å². The maximum atomic E-state index is 12.0. The van der Waals surface area contributed by atoms with Crippen molar-refractivity contribution >= 4 is 28.8 Å². The molecule has 3 aromatic rings. The molecule has 1 aromatic heterocycles. The summed E-state index contributed by atoms with van der Waals surface area (Å²) >= 11 is 0. The van der Waals surface area contributed by atoms with Gasteiger partial charge in [0.2, 0.25) is 5.91 Å². The average Bonchev–Trinajstić information content (AvgIpc) is 3.04. The van der Waals surface area contributed by atoms with Crippen molar-refractivity contribution in [2.75, 3.05) is 0 Å². The lowest BCUT2D eigenvalue weighted by molar-refractivity contribution is -0.402. The van der Waals surface area contributed by atoms with Crippen LogP contribution in [0.25, 0.3) is 10.8 Å². The van der Waals surface area contributed by atoms with Gasteiger partial charge in [0.05, 0.1) is 18.7 Å². The zero-order chi connectivity index (χ0) is 16.9. The molecule has 0 radical (unpaired) electrons. The summed E-state index contributed by atoms with van der Waals surface area (Å²) in [5.74, 6) is -0.477. The Labute approximate surface area is 136 Å². The number of carbonyl (C=O) groups excluding carboxylic acids is 1. The molecule has 3 rings (SSSR count). The van der Waals surface area contributed by atoms with E-state index in [1.165, 1.54) is 18.3 Å². The number of rotatable bonds is 5. The summed E-state index contributed by atoms with van der Waals surface area (Å²) in [5.41, 5.74) is 3.28. The Hall–Kier alpha value is -3.48. The Morgan fingerprint density at radius 1 is 1.17 bits per heavy atom. The zero-order valence-electron chi connectivity index (χ0n) is 12.5. The molecule has 0 atom stereocenters. The number of nitro groups is 1. The van der Waals surface area contributed by atoms with Gasteiger partial charge in [-0.05, 0) is 22.4 Å². The molecule has 1 amide bonds. The highest BCUT2D eigenvalue weighted by atomic mass is 16.6. The maximum Gasteiger partial charge on any atom is 0.433 e. The van der Waals surface area contributed by atoms with Gasteiger partial charge in [0.25, 0.3) is 0 Å². The first-order chi connectivity index (χ1) is 11.6. The number of fused-ring (bicyclic) bond motifs is 1. The molecule has 7 heteroatoms. The van der Waals surface area contributed by atoms with Crippen LogP contribution in [0.2, 0.25) is 0 Å². The van der Waals surface area contributed by atoms with Crippen molar-refractivity contribution in [1.82, 2.24) is 5.43 Å². The Morgan fingerprint density at radius 2 is 1.96 bits per heavy atom. The molecule has 7 nitrogen and oxygen atoms in total. The number of carbonyl (C=O) groups is 1. The van der Waals surface area contributed by atoms with Crippen LogP contribution in [0, 0.1) is 10.1 Å². The number of amides is 1. The fourth-order valence-electron chi connectivity index (χ4n) is 2.34. The van der Waals surface area contributed by atoms with Crippen molar-refractivity contribution in [3.05, 3.63) is 76.0 Å². The van der Waals surface area contributed by atoms with Crippen LogP contribution in [0.5, 0.6) is 0 Å². The number of nitrogens with zero attached hydrogens (tertiary/aromatic N) is 2. The van der Waals surface area contributed by atoms with E-state index in [1.807, 2.05) is 42.5 Å². The van der Waals surface area contributed by atoms with Crippen LogP contribution in [0.15, 0.2) is 64.1 Å². The van der Waals surface area contributed by atoms with Gasteiger partial charge in [-0.2, -0.15) is 5.10 Å². The third-order valence-corrected chi connectivity index (χ3v) is 3.40. The standard InChI is InChI=1S/C17H13N3O4/c21-16(19-18-11-14-8-9-17(24-14)20(22)23)10-13-6-3-5-12-4-1-2-7-15(12)13/h1-9,11H,10H2,(H,19,21). The van der Waals surface area contributed by atoms with Crippen LogP contribution in [0.4, 0.5) is 5.88 Å². The lowest BCUT2D eigenvalue weighted by atomic mass is 10.0. The maximum absolute atomic E-state index is 12.0. The summed E-state index contributed by atoms with van der Waals surface area (Å²) in [6.45, 7) is 0. The third kappa shape index (κ3) is 3.46. The number of nitrogens with one attached hydrogen (secondary N) is 1. The normalized spacial score (nSPS) is 11.0. The monoisotopic (exact) mass is 323 g/mol. The molecule has 0 aliphatic heterocycles. The van der Waals surface area contributed by atoms with Crippen molar-refractivity contribution in [1.29, 1.82) is 0 Å². The van der Waals surface area contributed by atoms with Crippen LogP contribution in [-0.4, -0.2) is 17.0 Å². The first kappa shape index (κ1) is 15.4. The lowest BCUT2D eigenvalue weighted by Crippen LogP contribution is -2.19. The Kier molecular flexibility index (Phi) is 4.33. The van der Waals surface area contributed by atoms with E-state index in [1.54, 1.807) is 0 Å². The largest absolute Gasteiger partial charge is 0.433 e. The highest BCUT2D eigenvalue weighted by Gasteiger charge is 2.10. The molecule has 0 saturated carbocycles. The van der Waals surface area contributed by atoms with Gasteiger partial charge in [-0.1, -0.05) is 42.5 Å². The Morgan fingerprint density at radius 3 is 2.75 bits per heavy atom. The van der Waals surface area contributed by atoms with Crippen molar-refractivity contribution in [2.24, 2.45) is 5.10 Å². The minimum atomic E-state index is -0.642. The molecule has 0 aliphatic rings. The average molecular weight is 323 g/mol. The minimum Gasteiger partial charge on any atom is -0.400 e. The van der Waals surface area contributed by atoms with Gasteiger partial charge in [0.1, 0.15) is 4.92 Å². The molecule has 1 heterocycles. The van der Waals surface area contributed by atoms with Crippen LogP contribution in [-0.2, 0) is 11.2 Å². The molecular formula is C17H13N3O4. The van der Waals surface area contributed by atoms with Crippen molar-refractivity contribution in [3.63, 3.8) is 0 Å². The number of benzene rings is 2. The molecule has 0 saturated heterocycles. The minimum absolute atomic E-state index is 0.178. The summed E-state index contributed by atoms with van der Waals surface area (Å²) in [4.78, 5) is 21.9. The van der Waals surface area contributed by atoms with E-state index >= 15 is 0 Å². The van der Waals surface area contributed by atoms with Gasteiger partial charge in [-0.25, -0.2) is 5.43 Å². The molecule has 0 spiro atoms. The smallest absolute Gasteiger partial charge is 0.400 e. The zero-order valence-corrected chi connectivity index (χ0v) is 12.5. The molecule has 1 N–H and O–H groups in total. The van der Waals surface area contributed by atoms with E-state index in [2.05, 4.69) is 10.5 Å². The molecule has 0 aliphatic carbocycles. The van der Waals surface area contributed by atoms with Gasteiger partial charge in [-0.3, -0.25) is 14.9 Å². The lowest BCUT2D eigenvalue weighted by Gasteiger charge is -2.05. The quantitative estimate of drug-likeness (QED) is 0.443. The van der Waals surface area contributed by atoms with Crippen LogP contribution < -0.4 is 5.43 Å². The van der Waals surface area contributed by atoms with Gasteiger partial charge in [0.15, 0.2) is 5.76 Å². The van der Waals surface area contributed by atoms with E-state index in [9.17, 15) is 14.9 Å². The summed E-state index contributed by atoms with van der Waals surface area (Å²) in [6, 6.07) is 16.2. The van der Waals surface area contributed by atoms with Gasteiger partial charge in [0, 0.05) is 0 Å². The fraction of sp³-hybridized carbons (Fsp3) is 0.0588. The van der Waals surface area contributed by atoms with E-state index in [-0.39, 0.29) is 24.0 Å². The first-order valence-corrected chi connectivity index (χ1v) is 7.16. The summed E-state index contributed by atoms with van der Waals surface area (Å²) in [6.07, 6.45) is 1.39. The topological polar surface area (TPSA) is 97.7 Å². The van der Waals surface area contributed by atoms with Crippen molar-refractivity contribution < 1.29 is 14.1 Å². The van der Waals surface area contributed by atoms with Crippen molar-refractivity contribution in [2.45, 2.75) is 6.42 Å². The second kappa shape index (κ2) is 6.74. The number of hydrogen-bond donors (Lipinski definition) is 1. The second-order valence-corrected chi connectivity index (χ2v) is 5.04. The highest BCUT2D eigenvalue weighted by molar-refractivity contribution is 5.90. The Bertz CT molecular complexity index is 925. The van der Waals surface area contributed by atoms with Crippen molar-refractivity contribution in [3.8, 4) is 0 Å². The van der Waals surface area contributed by atoms with E-state index < -0.39 is 4.92 Å². The summed E-state index contributed by atoms with van der Waals surface area (Å²) in [7, 11) is 0. The molecule has 120 valence electrons. The van der Waals surface area contributed by atoms with Gasteiger partial charge < -0.3 is 4.42 Å². The van der Waals surface area contributed by atoms with E-state index in [4.69, 9.17) is 4.42 Å². The number of hydrogen-bond acceptors (Lipinski definition) is 5. The fourth-order valence-corrected chi connectivity index (χ4v) is 2.34. The number of hydrazone groups is 1. The molecule has 0 unspecified atom stereocenters. The third-order valence-electron chi connectivity index (χ3n) is 3.40. The van der Waals surface area contributed by atoms with E-state index in [0.29, 0.717) is 0 Å². The predicted molar refractivity (Wildman–Crippen MR) is 88.8 cm³/mol. The molecule has 24 heavy (non-hydrogen) atoms. The molecule has 0 fully saturated rings.